The molecule has 2 heteroatoms. The highest BCUT2D eigenvalue weighted by Crippen LogP contribution is 2.34. The van der Waals surface area contributed by atoms with Crippen LogP contribution in [0, 0.1) is 0 Å². The average Bonchev–Trinajstić information content (AvgIpc) is 2.27. The topological polar surface area (TPSA) is 29.5 Å². The molecule has 1 fully saturated rings. The predicted octanol–water partition coefficient (Wildman–Crippen LogP) is 3.88. The van der Waals surface area contributed by atoms with E-state index in [0.717, 1.165) is 25.0 Å². The van der Waals surface area contributed by atoms with Crippen molar-refractivity contribution in [2.24, 2.45) is 0 Å². The Morgan fingerprint density at radius 3 is 2.56 bits per heavy atom. The second kappa shape index (κ2) is 5.31. The van der Waals surface area contributed by atoms with Crippen LogP contribution in [0.3, 0.4) is 0 Å². The van der Waals surface area contributed by atoms with Gasteiger partial charge in [-0.15, -0.1) is 0 Å². The van der Waals surface area contributed by atoms with E-state index in [2.05, 4.69) is 32.9 Å². The van der Waals surface area contributed by atoms with Crippen molar-refractivity contribution in [3.8, 4) is 5.75 Å². The SMILES string of the molecule is CC(C)(C)Oc1cccc([C@@H]2CCCC[C@H]2O)c1. The first-order chi connectivity index (χ1) is 8.46. The molecule has 1 aromatic carbocycles. The fourth-order valence-corrected chi connectivity index (χ4v) is 2.66. The molecular weight excluding hydrogens is 224 g/mol. The van der Waals surface area contributed by atoms with Gasteiger partial charge in [-0.3, -0.25) is 0 Å². The summed E-state index contributed by atoms with van der Waals surface area (Å²) >= 11 is 0. The maximum absolute atomic E-state index is 10.1. The van der Waals surface area contributed by atoms with E-state index in [1.807, 2.05) is 12.1 Å². The van der Waals surface area contributed by atoms with E-state index in [0.29, 0.717) is 0 Å². The van der Waals surface area contributed by atoms with Gasteiger partial charge in [-0.25, -0.2) is 0 Å². The fourth-order valence-electron chi connectivity index (χ4n) is 2.66. The summed E-state index contributed by atoms with van der Waals surface area (Å²) in [5.74, 6) is 1.18. The summed E-state index contributed by atoms with van der Waals surface area (Å²) in [5.41, 5.74) is 1.04. The molecular formula is C16H24O2. The van der Waals surface area contributed by atoms with Crippen molar-refractivity contribution in [3.05, 3.63) is 29.8 Å². The van der Waals surface area contributed by atoms with Crippen LogP contribution >= 0.6 is 0 Å². The highest BCUT2D eigenvalue weighted by Gasteiger charge is 2.25. The minimum absolute atomic E-state index is 0.177. The van der Waals surface area contributed by atoms with Crippen molar-refractivity contribution < 1.29 is 9.84 Å². The van der Waals surface area contributed by atoms with Crippen LogP contribution in [-0.4, -0.2) is 16.8 Å². The van der Waals surface area contributed by atoms with Gasteiger partial charge in [0.2, 0.25) is 0 Å². The maximum atomic E-state index is 10.1. The lowest BCUT2D eigenvalue weighted by Gasteiger charge is -2.29. The number of hydrogen-bond acceptors (Lipinski definition) is 2. The lowest BCUT2D eigenvalue weighted by molar-refractivity contribution is 0.105. The molecule has 0 saturated heterocycles. The van der Waals surface area contributed by atoms with Gasteiger partial charge in [0, 0.05) is 5.92 Å². The van der Waals surface area contributed by atoms with Crippen LogP contribution in [0.1, 0.15) is 57.9 Å². The Hall–Kier alpha value is -1.02. The predicted molar refractivity (Wildman–Crippen MR) is 74.0 cm³/mol. The third kappa shape index (κ3) is 3.49. The Labute approximate surface area is 110 Å². The van der Waals surface area contributed by atoms with Gasteiger partial charge in [0.05, 0.1) is 6.10 Å². The van der Waals surface area contributed by atoms with Gasteiger partial charge >= 0.3 is 0 Å². The van der Waals surface area contributed by atoms with Gasteiger partial charge in [0.1, 0.15) is 11.4 Å². The van der Waals surface area contributed by atoms with E-state index in [4.69, 9.17) is 4.74 Å². The van der Waals surface area contributed by atoms with E-state index in [-0.39, 0.29) is 17.6 Å². The zero-order valence-corrected chi connectivity index (χ0v) is 11.6. The molecule has 2 nitrogen and oxygen atoms in total. The third-order valence-electron chi connectivity index (χ3n) is 3.44. The maximum Gasteiger partial charge on any atom is 0.120 e. The van der Waals surface area contributed by atoms with Crippen LogP contribution in [0.2, 0.25) is 0 Å². The number of ether oxygens (including phenoxy) is 1. The van der Waals surface area contributed by atoms with Gasteiger partial charge < -0.3 is 9.84 Å². The average molecular weight is 248 g/mol. The van der Waals surface area contributed by atoms with Gasteiger partial charge in [-0.1, -0.05) is 25.0 Å². The van der Waals surface area contributed by atoms with Crippen molar-refractivity contribution in [1.29, 1.82) is 0 Å². The van der Waals surface area contributed by atoms with Crippen LogP contribution in [0.5, 0.6) is 5.75 Å². The van der Waals surface area contributed by atoms with E-state index in [1.165, 1.54) is 12.0 Å². The molecule has 0 unspecified atom stereocenters. The summed E-state index contributed by atoms with van der Waals surface area (Å²) in [6.45, 7) is 6.15. The second-order valence-electron chi connectivity index (χ2n) is 6.25. The van der Waals surface area contributed by atoms with Crippen LogP contribution in [0.25, 0.3) is 0 Å². The van der Waals surface area contributed by atoms with Crippen molar-refractivity contribution in [3.63, 3.8) is 0 Å². The zero-order valence-electron chi connectivity index (χ0n) is 11.6. The summed E-state index contributed by atoms with van der Waals surface area (Å²) in [6.07, 6.45) is 4.18. The highest BCUT2D eigenvalue weighted by atomic mass is 16.5. The molecule has 1 aliphatic rings. The molecule has 100 valence electrons. The van der Waals surface area contributed by atoms with Crippen molar-refractivity contribution >= 4 is 0 Å². The molecule has 1 saturated carbocycles. The Kier molecular flexibility index (Phi) is 3.96. The lowest BCUT2D eigenvalue weighted by atomic mass is 9.82. The molecule has 1 aromatic rings. The van der Waals surface area contributed by atoms with Gasteiger partial charge in [0.25, 0.3) is 0 Å². The molecule has 0 bridgehead atoms. The quantitative estimate of drug-likeness (QED) is 0.860. The van der Waals surface area contributed by atoms with Crippen molar-refractivity contribution in [2.75, 3.05) is 0 Å². The molecule has 0 spiro atoms. The fraction of sp³-hybridized carbons (Fsp3) is 0.625. The van der Waals surface area contributed by atoms with E-state index in [9.17, 15) is 5.11 Å². The Morgan fingerprint density at radius 2 is 1.89 bits per heavy atom. The Balaban J connectivity index is 2.16. The second-order valence-corrected chi connectivity index (χ2v) is 6.25. The molecule has 2 atom stereocenters. The molecule has 0 aliphatic heterocycles. The minimum Gasteiger partial charge on any atom is -0.488 e. The van der Waals surface area contributed by atoms with Gasteiger partial charge in [-0.2, -0.15) is 0 Å². The number of benzene rings is 1. The first-order valence-electron chi connectivity index (χ1n) is 6.93. The number of hydrogen-bond donors (Lipinski definition) is 1. The smallest absolute Gasteiger partial charge is 0.120 e. The molecule has 0 heterocycles. The standard InChI is InChI=1S/C16H24O2/c1-16(2,3)18-13-8-6-7-12(11-13)14-9-4-5-10-15(14)17/h6-8,11,14-15,17H,4-5,9-10H2,1-3H3/t14-,15+/m0/s1. The Bertz CT molecular complexity index is 392. The van der Waals surface area contributed by atoms with Crippen LogP contribution in [0.4, 0.5) is 0 Å². The largest absolute Gasteiger partial charge is 0.488 e. The lowest BCUT2D eigenvalue weighted by Crippen LogP contribution is -2.24. The Morgan fingerprint density at radius 1 is 1.17 bits per heavy atom. The minimum atomic E-state index is -0.191. The molecule has 18 heavy (non-hydrogen) atoms. The van der Waals surface area contributed by atoms with Crippen LogP contribution in [0.15, 0.2) is 24.3 Å². The molecule has 0 radical (unpaired) electrons. The van der Waals surface area contributed by atoms with E-state index >= 15 is 0 Å². The molecule has 2 rings (SSSR count). The van der Waals surface area contributed by atoms with Crippen LogP contribution in [-0.2, 0) is 0 Å². The number of aliphatic hydroxyl groups excluding tert-OH is 1. The van der Waals surface area contributed by atoms with Gasteiger partial charge in [0.15, 0.2) is 0 Å². The van der Waals surface area contributed by atoms with Crippen LogP contribution < -0.4 is 4.74 Å². The first kappa shape index (κ1) is 13.4. The highest BCUT2D eigenvalue weighted by molar-refractivity contribution is 5.32. The third-order valence-corrected chi connectivity index (χ3v) is 3.44. The van der Waals surface area contributed by atoms with Crippen molar-refractivity contribution in [1.82, 2.24) is 0 Å². The van der Waals surface area contributed by atoms with E-state index in [1.54, 1.807) is 0 Å². The summed E-state index contributed by atoms with van der Waals surface area (Å²) in [7, 11) is 0. The molecule has 0 aromatic heterocycles. The molecule has 1 aliphatic carbocycles. The summed E-state index contributed by atoms with van der Waals surface area (Å²) in [6, 6.07) is 8.21. The van der Waals surface area contributed by atoms with Gasteiger partial charge in [-0.05, 0) is 51.3 Å². The normalized spacial score (nSPS) is 24.9. The monoisotopic (exact) mass is 248 g/mol. The number of aliphatic hydroxyl groups is 1. The molecule has 0 amide bonds. The summed E-state index contributed by atoms with van der Waals surface area (Å²) in [4.78, 5) is 0. The molecule has 1 N–H and O–H groups in total. The first-order valence-corrected chi connectivity index (χ1v) is 6.93. The zero-order chi connectivity index (χ0) is 13.2. The summed E-state index contributed by atoms with van der Waals surface area (Å²) in [5, 5.41) is 10.1. The van der Waals surface area contributed by atoms with Crippen molar-refractivity contribution in [2.45, 2.75) is 64.1 Å². The van der Waals surface area contributed by atoms with E-state index < -0.39 is 0 Å². The summed E-state index contributed by atoms with van der Waals surface area (Å²) < 4.78 is 5.89. The number of rotatable bonds is 2.